The monoisotopic (exact) mass is 261 g/mol. The van der Waals surface area contributed by atoms with Crippen LogP contribution in [0.15, 0.2) is 24.3 Å². The van der Waals surface area contributed by atoms with Crippen LogP contribution in [0.3, 0.4) is 0 Å². The third-order valence-corrected chi connectivity index (χ3v) is 2.66. The fraction of sp³-hybridized carbons (Fsp3) is 0.500. The molecule has 0 aromatic heterocycles. The highest BCUT2D eigenvalue weighted by molar-refractivity contribution is 5.27. The minimum Gasteiger partial charge on any atom is -0.406 e. The van der Waals surface area contributed by atoms with Crippen LogP contribution in [0.1, 0.15) is 12.0 Å². The summed E-state index contributed by atoms with van der Waals surface area (Å²) in [7, 11) is 0. The van der Waals surface area contributed by atoms with E-state index in [0.717, 1.165) is 25.1 Å². The molecule has 18 heavy (non-hydrogen) atoms. The zero-order valence-corrected chi connectivity index (χ0v) is 9.67. The molecule has 1 aromatic carbocycles. The van der Waals surface area contributed by atoms with Crippen LogP contribution >= 0.6 is 0 Å². The molecule has 0 radical (unpaired) electrons. The van der Waals surface area contributed by atoms with E-state index in [0.29, 0.717) is 6.61 Å². The number of benzene rings is 1. The lowest BCUT2D eigenvalue weighted by atomic mass is 10.2. The summed E-state index contributed by atoms with van der Waals surface area (Å²) in [6.45, 7) is 2.18. The van der Waals surface area contributed by atoms with Crippen LogP contribution < -0.4 is 10.1 Å². The first-order valence-corrected chi connectivity index (χ1v) is 5.70. The second-order valence-corrected chi connectivity index (χ2v) is 4.12. The molecule has 1 aliphatic rings. The number of hydrogen-bond donors (Lipinski definition) is 1. The van der Waals surface area contributed by atoms with Gasteiger partial charge in [0.15, 0.2) is 0 Å². The maximum absolute atomic E-state index is 11.9. The van der Waals surface area contributed by atoms with Gasteiger partial charge in [0, 0.05) is 6.54 Å². The predicted molar refractivity (Wildman–Crippen MR) is 59.2 cm³/mol. The van der Waals surface area contributed by atoms with Gasteiger partial charge in [-0.05, 0) is 30.7 Å². The van der Waals surface area contributed by atoms with Crippen molar-refractivity contribution in [3.05, 3.63) is 29.8 Å². The molecule has 1 fully saturated rings. The van der Waals surface area contributed by atoms with E-state index in [9.17, 15) is 13.2 Å². The summed E-state index contributed by atoms with van der Waals surface area (Å²) < 4.78 is 45.2. The molecule has 100 valence electrons. The van der Waals surface area contributed by atoms with Crippen molar-refractivity contribution in [2.24, 2.45) is 0 Å². The summed E-state index contributed by atoms with van der Waals surface area (Å²) in [5.41, 5.74) is 0.830. The van der Waals surface area contributed by atoms with Gasteiger partial charge in [0.25, 0.3) is 0 Å². The minimum atomic E-state index is -4.65. The Morgan fingerprint density at radius 2 is 1.94 bits per heavy atom. The summed E-state index contributed by atoms with van der Waals surface area (Å²) >= 11 is 0. The van der Waals surface area contributed by atoms with Crippen molar-refractivity contribution in [1.82, 2.24) is 5.32 Å². The van der Waals surface area contributed by atoms with Gasteiger partial charge in [0.2, 0.25) is 0 Å². The van der Waals surface area contributed by atoms with Crippen molar-refractivity contribution < 1.29 is 22.6 Å². The Morgan fingerprint density at radius 1 is 1.22 bits per heavy atom. The molecule has 1 aromatic rings. The molecule has 1 N–H and O–H groups in total. The van der Waals surface area contributed by atoms with Crippen molar-refractivity contribution in [1.29, 1.82) is 0 Å². The summed E-state index contributed by atoms with van der Waals surface area (Å²) in [6, 6.07) is 5.73. The quantitative estimate of drug-likeness (QED) is 0.903. The molecule has 0 spiro atoms. The lowest BCUT2D eigenvalue weighted by molar-refractivity contribution is -0.274. The summed E-state index contributed by atoms with van der Waals surface area (Å²) in [5, 5.41) is 3.17. The summed E-state index contributed by atoms with van der Waals surface area (Å²) in [5.74, 6) is -0.214. The van der Waals surface area contributed by atoms with Crippen LogP contribution in [0.2, 0.25) is 0 Å². The van der Waals surface area contributed by atoms with Crippen molar-refractivity contribution in [2.75, 3.05) is 13.1 Å². The maximum Gasteiger partial charge on any atom is 0.573 e. The highest BCUT2D eigenvalue weighted by atomic mass is 19.4. The van der Waals surface area contributed by atoms with Crippen LogP contribution in [0, 0.1) is 0 Å². The first-order valence-electron chi connectivity index (χ1n) is 5.70. The van der Waals surface area contributed by atoms with Crippen molar-refractivity contribution in [2.45, 2.75) is 25.5 Å². The normalized spacial score (nSPS) is 20.1. The second kappa shape index (κ2) is 5.58. The average molecular weight is 261 g/mol. The summed E-state index contributed by atoms with van der Waals surface area (Å²) in [6.07, 6.45) is -3.49. The van der Waals surface area contributed by atoms with Gasteiger partial charge in [0.05, 0.1) is 12.7 Å². The standard InChI is InChI=1S/C12H14F3NO2/c13-12(14,15)18-10-3-1-9(2-4-10)8-17-11-5-6-16-7-11/h1-4,11,16H,5-8H2. The molecule has 1 saturated heterocycles. The van der Waals surface area contributed by atoms with Gasteiger partial charge >= 0.3 is 6.36 Å². The zero-order valence-electron chi connectivity index (χ0n) is 9.67. The molecule has 0 aliphatic carbocycles. The van der Waals surface area contributed by atoms with Gasteiger partial charge in [0.1, 0.15) is 5.75 Å². The van der Waals surface area contributed by atoms with Gasteiger partial charge in [-0.15, -0.1) is 13.2 Å². The number of hydrogen-bond acceptors (Lipinski definition) is 3. The van der Waals surface area contributed by atoms with Crippen molar-refractivity contribution >= 4 is 0 Å². The number of rotatable bonds is 4. The van der Waals surface area contributed by atoms with Gasteiger partial charge in [-0.25, -0.2) is 0 Å². The molecular formula is C12H14F3NO2. The maximum atomic E-state index is 11.9. The Morgan fingerprint density at radius 3 is 2.50 bits per heavy atom. The SMILES string of the molecule is FC(F)(F)Oc1ccc(COC2CCNC2)cc1. The van der Waals surface area contributed by atoms with E-state index < -0.39 is 6.36 Å². The molecule has 1 atom stereocenters. The highest BCUT2D eigenvalue weighted by Crippen LogP contribution is 2.23. The Hall–Kier alpha value is -1.27. The highest BCUT2D eigenvalue weighted by Gasteiger charge is 2.30. The lowest BCUT2D eigenvalue weighted by Gasteiger charge is -2.11. The molecule has 1 aliphatic heterocycles. The van der Waals surface area contributed by atoms with Crippen LogP contribution in [0.5, 0.6) is 5.75 Å². The molecule has 6 heteroatoms. The van der Waals surface area contributed by atoms with Crippen molar-refractivity contribution in [3.8, 4) is 5.75 Å². The Kier molecular flexibility index (Phi) is 4.08. The minimum absolute atomic E-state index is 0.191. The molecule has 0 saturated carbocycles. The van der Waals surface area contributed by atoms with Crippen LogP contribution in [0.4, 0.5) is 13.2 Å². The molecule has 1 unspecified atom stereocenters. The van der Waals surface area contributed by atoms with Crippen LogP contribution in [-0.2, 0) is 11.3 Å². The predicted octanol–water partition coefficient (Wildman–Crippen LogP) is 2.46. The number of halogens is 3. The topological polar surface area (TPSA) is 30.5 Å². The summed E-state index contributed by atoms with van der Waals surface area (Å²) in [4.78, 5) is 0. The van der Waals surface area contributed by atoms with Gasteiger partial charge in [-0.3, -0.25) is 0 Å². The van der Waals surface area contributed by atoms with E-state index in [1.54, 1.807) is 12.1 Å². The molecule has 1 heterocycles. The van der Waals surface area contributed by atoms with E-state index in [1.807, 2.05) is 0 Å². The number of ether oxygens (including phenoxy) is 2. The Labute approximate surface area is 103 Å². The molecule has 2 rings (SSSR count). The van der Waals surface area contributed by atoms with Gasteiger partial charge in [-0.1, -0.05) is 12.1 Å². The Bertz CT molecular complexity index is 372. The van der Waals surface area contributed by atoms with Gasteiger partial charge in [-0.2, -0.15) is 0 Å². The first kappa shape index (κ1) is 13.2. The van der Waals surface area contributed by atoms with Crippen molar-refractivity contribution in [3.63, 3.8) is 0 Å². The number of alkyl halides is 3. The zero-order chi connectivity index (χ0) is 13.0. The second-order valence-electron chi connectivity index (χ2n) is 4.12. The number of nitrogens with one attached hydrogen (secondary N) is 1. The molecule has 0 bridgehead atoms. The fourth-order valence-corrected chi connectivity index (χ4v) is 1.77. The largest absolute Gasteiger partial charge is 0.573 e. The van der Waals surface area contributed by atoms with E-state index in [1.165, 1.54) is 12.1 Å². The fourth-order valence-electron chi connectivity index (χ4n) is 1.77. The van der Waals surface area contributed by atoms with Gasteiger partial charge < -0.3 is 14.8 Å². The van der Waals surface area contributed by atoms with E-state index in [2.05, 4.69) is 10.1 Å². The van der Waals surface area contributed by atoms with Crippen LogP contribution in [0.25, 0.3) is 0 Å². The lowest BCUT2D eigenvalue weighted by Crippen LogP contribution is -2.17. The third-order valence-electron chi connectivity index (χ3n) is 2.66. The van der Waals surface area contributed by atoms with E-state index in [4.69, 9.17) is 4.74 Å². The first-order chi connectivity index (χ1) is 8.53. The van der Waals surface area contributed by atoms with Crippen LogP contribution in [-0.4, -0.2) is 25.6 Å². The molecular weight excluding hydrogens is 247 g/mol. The smallest absolute Gasteiger partial charge is 0.406 e. The average Bonchev–Trinajstić information content (AvgIpc) is 2.79. The van der Waals surface area contributed by atoms with E-state index in [-0.39, 0.29) is 11.9 Å². The van der Waals surface area contributed by atoms with E-state index >= 15 is 0 Å². The third kappa shape index (κ3) is 4.19. The molecule has 3 nitrogen and oxygen atoms in total. The Balaban J connectivity index is 1.83. The molecule has 0 amide bonds.